The molecule has 0 fully saturated rings. The molecular weight excluding hydrogens is 280 g/mol. The molecule has 0 saturated carbocycles. The van der Waals surface area contributed by atoms with Crippen molar-refractivity contribution in [3.8, 4) is 0 Å². The summed E-state index contributed by atoms with van der Waals surface area (Å²) >= 11 is 7.93. The molecule has 0 spiro atoms. The molecule has 0 bridgehead atoms. The highest BCUT2D eigenvalue weighted by Crippen LogP contribution is 2.28. The zero-order valence-corrected chi connectivity index (χ0v) is 12.3. The summed E-state index contributed by atoms with van der Waals surface area (Å²) in [6, 6.07) is 10.2. The van der Waals surface area contributed by atoms with E-state index in [9.17, 15) is 0 Å². The number of hydrogen-bond acceptors (Lipinski definition) is 4. The molecule has 3 N–H and O–H groups in total. The van der Waals surface area contributed by atoms with Gasteiger partial charge in [-0.05, 0) is 19.1 Å². The molecule has 0 saturated heterocycles. The Balaban J connectivity index is 2.10. The highest BCUT2D eigenvalue weighted by molar-refractivity contribution is 7.99. The number of nitrogens with two attached hydrogens (primary N) is 1. The molecule has 1 atom stereocenters. The molecule has 6 heteroatoms. The van der Waals surface area contributed by atoms with Gasteiger partial charge in [0.15, 0.2) is 0 Å². The lowest BCUT2D eigenvalue weighted by Gasteiger charge is -2.17. The number of halogens is 1. The summed E-state index contributed by atoms with van der Waals surface area (Å²) in [6.45, 7) is 2.81. The summed E-state index contributed by atoms with van der Waals surface area (Å²) in [6.07, 6.45) is 1.66. The van der Waals surface area contributed by atoms with Crippen LogP contribution in [-0.2, 0) is 6.54 Å². The molecule has 4 nitrogen and oxygen atoms in total. The van der Waals surface area contributed by atoms with E-state index in [1.54, 1.807) is 18.0 Å². The van der Waals surface area contributed by atoms with Crippen LogP contribution in [0.4, 0.5) is 0 Å². The molecule has 1 unspecified atom stereocenters. The molecule has 2 aromatic rings. The Labute approximate surface area is 122 Å². The van der Waals surface area contributed by atoms with E-state index in [0.717, 1.165) is 18.0 Å². The molecule has 0 aliphatic rings. The summed E-state index contributed by atoms with van der Waals surface area (Å²) in [4.78, 5) is 1.21. The molecule has 0 aliphatic heterocycles. The average molecular weight is 297 g/mol. The quantitative estimate of drug-likeness (QED) is 0.489. The van der Waals surface area contributed by atoms with E-state index in [1.807, 2.05) is 29.8 Å². The minimum Gasteiger partial charge on any atom is -0.271 e. The second-order valence-corrected chi connectivity index (χ2v) is 5.54. The average Bonchev–Trinajstić information content (AvgIpc) is 2.82. The van der Waals surface area contributed by atoms with Gasteiger partial charge in [0.05, 0.1) is 23.0 Å². The van der Waals surface area contributed by atoms with Crippen molar-refractivity contribution in [3.63, 3.8) is 0 Å². The van der Waals surface area contributed by atoms with Crippen LogP contribution in [0.1, 0.15) is 18.7 Å². The number of benzene rings is 1. The smallest absolute Gasteiger partial charge is 0.0834 e. The third-order valence-corrected chi connectivity index (χ3v) is 4.22. The van der Waals surface area contributed by atoms with Crippen LogP contribution in [0.15, 0.2) is 41.4 Å². The normalized spacial score (nSPS) is 12.6. The van der Waals surface area contributed by atoms with Crippen molar-refractivity contribution in [2.45, 2.75) is 24.4 Å². The van der Waals surface area contributed by atoms with Crippen LogP contribution in [0, 0.1) is 0 Å². The van der Waals surface area contributed by atoms with Crippen molar-refractivity contribution >= 4 is 23.4 Å². The topological polar surface area (TPSA) is 55.9 Å². The Hall–Kier alpha value is -1.01. The SMILES string of the molecule is CCn1ncc(Cl)c1C(CSc1ccccc1)NN. The van der Waals surface area contributed by atoms with Crippen LogP contribution in [0.25, 0.3) is 0 Å². The third kappa shape index (κ3) is 3.51. The van der Waals surface area contributed by atoms with Crippen LogP contribution in [0.2, 0.25) is 5.02 Å². The number of aryl methyl sites for hydroxylation is 1. The monoisotopic (exact) mass is 296 g/mol. The number of nitrogens with one attached hydrogen (secondary N) is 1. The Bertz CT molecular complexity index is 515. The number of aromatic nitrogens is 2. The van der Waals surface area contributed by atoms with Crippen LogP contribution in [0.3, 0.4) is 0 Å². The zero-order valence-electron chi connectivity index (χ0n) is 10.7. The summed E-state index contributed by atoms with van der Waals surface area (Å²) in [7, 11) is 0. The number of thioether (sulfide) groups is 1. The van der Waals surface area contributed by atoms with E-state index in [0.29, 0.717) is 5.02 Å². The Morgan fingerprint density at radius 3 is 2.79 bits per heavy atom. The first-order valence-corrected chi connectivity index (χ1v) is 7.47. The van der Waals surface area contributed by atoms with Gasteiger partial charge in [-0.25, -0.2) is 0 Å². The molecule has 102 valence electrons. The van der Waals surface area contributed by atoms with Gasteiger partial charge in [-0.1, -0.05) is 29.8 Å². The maximum absolute atomic E-state index is 6.19. The number of nitrogens with zero attached hydrogens (tertiary/aromatic N) is 2. The standard InChI is InChI=1S/C13H17ClN4S/c1-2-18-13(11(14)8-16-18)12(17-15)9-19-10-6-4-3-5-7-10/h3-8,12,17H,2,9,15H2,1H3. The largest absolute Gasteiger partial charge is 0.271 e. The minimum atomic E-state index is -0.0276. The fourth-order valence-corrected chi connectivity index (χ4v) is 3.11. The highest BCUT2D eigenvalue weighted by Gasteiger charge is 2.19. The summed E-state index contributed by atoms with van der Waals surface area (Å²) in [5.41, 5.74) is 3.76. The Morgan fingerprint density at radius 2 is 2.16 bits per heavy atom. The minimum absolute atomic E-state index is 0.0276. The fourth-order valence-electron chi connectivity index (χ4n) is 1.87. The van der Waals surface area contributed by atoms with Crippen LogP contribution in [-0.4, -0.2) is 15.5 Å². The number of hydrazine groups is 1. The molecule has 19 heavy (non-hydrogen) atoms. The van der Waals surface area contributed by atoms with Gasteiger partial charge in [0, 0.05) is 17.2 Å². The molecule has 0 aliphatic carbocycles. The van der Waals surface area contributed by atoms with Crippen molar-refractivity contribution in [1.29, 1.82) is 0 Å². The number of hydrogen-bond donors (Lipinski definition) is 2. The third-order valence-electron chi connectivity index (χ3n) is 2.82. The second-order valence-electron chi connectivity index (χ2n) is 4.04. The van der Waals surface area contributed by atoms with E-state index in [4.69, 9.17) is 17.4 Å². The van der Waals surface area contributed by atoms with Crippen LogP contribution >= 0.6 is 23.4 Å². The summed E-state index contributed by atoms with van der Waals surface area (Å²) in [5.74, 6) is 6.46. The van der Waals surface area contributed by atoms with Gasteiger partial charge in [0.25, 0.3) is 0 Å². The van der Waals surface area contributed by atoms with Gasteiger partial charge in [0.1, 0.15) is 0 Å². The van der Waals surface area contributed by atoms with E-state index in [2.05, 4.69) is 22.7 Å². The van der Waals surface area contributed by atoms with E-state index in [1.165, 1.54) is 4.90 Å². The van der Waals surface area contributed by atoms with Gasteiger partial charge >= 0.3 is 0 Å². The Morgan fingerprint density at radius 1 is 1.42 bits per heavy atom. The molecule has 0 radical (unpaired) electrons. The first-order chi connectivity index (χ1) is 9.26. The number of rotatable bonds is 6. The zero-order chi connectivity index (χ0) is 13.7. The first kappa shape index (κ1) is 14.4. The molecule has 1 aromatic carbocycles. The highest BCUT2D eigenvalue weighted by atomic mass is 35.5. The van der Waals surface area contributed by atoms with Crippen LogP contribution in [0.5, 0.6) is 0 Å². The van der Waals surface area contributed by atoms with Crippen molar-refractivity contribution in [1.82, 2.24) is 15.2 Å². The van der Waals surface area contributed by atoms with Gasteiger partial charge in [-0.15, -0.1) is 11.8 Å². The second kappa shape index (κ2) is 6.96. The molecule has 1 aromatic heterocycles. The van der Waals surface area contributed by atoms with Gasteiger partial charge in [0.2, 0.25) is 0 Å². The van der Waals surface area contributed by atoms with Crippen molar-refractivity contribution in [2.75, 3.05) is 5.75 Å². The lowest BCUT2D eigenvalue weighted by molar-refractivity contribution is 0.528. The lowest BCUT2D eigenvalue weighted by atomic mass is 10.2. The maximum Gasteiger partial charge on any atom is 0.0834 e. The van der Waals surface area contributed by atoms with E-state index in [-0.39, 0.29) is 6.04 Å². The molecule has 1 heterocycles. The fraction of sp³-hybridized carbons (Fsp3) is 0.308. The van der Waals surface area contributed by atoms with Crippen LogP contribution < -0.4 is 11.3 Å². The van der Waals surface area contributed by atoms with Gasteiger partial charge < -0.3 is 0 Å². The van der Waals surface area contributed by atoms with Gasteiger partial charge in [-0.3, -0.25) is 16.0 Å². The first-order valence-electron chi connectivity index (χ1n) is 6.11. The van der Waals surface area contributed by atoms with Gasteiger partial charge in [-0.2, -0.15) is 5.10 Å². The van der Waals surface area contributed by atoms with Crippen molar-refractivity contribution < 1.29 is 0 Å². The maximum atomic E-state index is 6.19. The predicted octanol–water partition coefficient (Wildman–Crippen LogP) is 2.85. The summed E-state index contributed by atoms with van der Waals surface area (Å²) < 4.78 is 1.87. The van der Waals surface area contributed by atoms with Crippen molar-refractivity contribution in [2.24, 2.45) is 5.84 Å². The van der Waals surface area contributed by atoms with E-state index >= 15 is 0 Å². The lowest BCUT2D eigenvalue weighted by Crippen LogP contribution is -2.31. The Kier molecular flexibility index (Phi) is 5.27. The van der Waals surface area contributed by atoms with Crippen molar-refractivity contribution in [3.05, 3.63) is 47.2 Å². The molecular formula is C13H17ClN4S. The predicted molar refractivity (Wildman–Crippen MR) is 80.1 cm³/mol. The molecule has 2 rings (SSSR count). The molecule has 0 amide bonds. The summed E-state index contributed by atoms with van der Waals surface area (Å²) in [5, 5.41) is 4.89. The van der Waals surface area contributed by atoms with E-state index < -0.39 is 0 Å².